The Hall–Kier alpha value is -4.61. The number of ether oxygens (including phenoxy) is 2. The standard InChI is InChI=1S/C35H29F2O5P/c1-41-33(38)35(34(39)42-2)22-26(21-24-13-17-27(36)18-14-24)31(23-35)32(25-15-19-28(37)20-16-25)43(40,29-9-5-3-6-10-29)30-11-7-4-8-12-30/h3-21H,22-23H2,1-2H3/b26-21+,32-31-. The van der Waals surface area contributed by atoms with Gasteiger partial charge in [0, 0.05) is 22.3 Å². The van der Waals surface area contributed by atoms with Gasteiger partial charge < -0.3 is 14.0 Å². The summed E-state index contributed by atoms with van der Waals surface area (Å²) in [5, 5.41) is 1.39. The van der Waals surface area contributed by atoms with E-state index in [4.69, 9.17) is 9.47 Å². The summed E-state index contributed by atoms with van der Waals surface area (Å²) in [6.07, 6.45) is 1.44. The van der Waals surface area contributed by atoms with Gasteiger partial charge >= 0.3 is 11.9 Å². The Labute approximate surface area is 248 Å². The van der Waals surface area contributed by atoms with Crippen molar-refractivity contribution in [2.45, 2.75) is 12.8 Å². The molecule has 43 heavy (non-hydrogen) atoms. The van der Waals surface area contributed by atoms with E-state index < -0.39 is 36.1 Å². The summed E-state index contributed by atoms with van der Waals surface area (Å²) in [6, 6.07) is 29.3. The van der Waals surface area contributed by atoms with Gasteiger partial charge in [0.15, 0.2) is 12.6 Å². The van der Waals surface area contributed by atoms with E-state index in [9.17, 15) is 18.4 Å². The van der Waals surface area contributed by atoms with Crippen molar-refractivity contribution in [3.63, 3.8) is 0 Å². The lowest BCUT2D eigenvalue weighted by Gasteiger charge is -2.26. The van der Waals surface area contributed by atoms with Gasteiger partial charge in [-0.1, -0.05) is 91.0 Å². The average Bonchev–Trinajstić information content (AvgIpc) is 3.42. The minimum absolute atomic E-state index is 0.118. The van der Waals surface area contributed by atoms with E-state index in [1.807, 2.05) is 12.1 Å². The number of carbonyl (C=O) groups excluding carboxylic acids is 2. The molecule has 5 nitrogen and oxygen atoms in total. The van der Waals surface area contributed by atoms with Crippen molar-refractivity contribution in [2.75, 3.05) is 14.2 Å². The average molecular weight is 599 g/mol. The highest BCUT2D eigenvalue weighted by atomic mass is 31.2. The van der Waals surface area contributed by atoms with Crippen LogP contribution in [0.25, 0.3) is 11.4 Å². The second kappa shape index (κ2) is 12.3. The number of hydrogen-bond acceptors (Lipinski definition) is 5. The summed E-state index contributed by atoms with van der Waals surface area (Å²) in [5.41, 5.74) is 0.278. The molecule has 0 aliphatic heterocycles. The van der Waals surface area contributed by atoms with Gasteiger partial charge in [-0.25, -0.2) is 8.78 Å². The first-order valence-electron chi connectivity index (χ1n) is 13.6. The number of methoxy groups -OCH3 is 2. The Morgan fingerprint density at radius 1 is 0.698 bits per heavy atom. The normalized spacial score (nSPS) is 16.5. The molecule has 5 rings (SSSR count). The van der Waals surface area contributed by atoms with Crippen LogP contribution >= 0.6 is 7.14 Å². The summed E-state index contributed by atoms with van der Waals surface area (Å²) in [7, 11) is -1.37. The summed E-state index contributed by atoms with van der Waals surface area (Å²) >= 11 is 0. The molecule has 8 heteroatoms. The maximum atomic E-state index is 15.9. The summed E-state index contributed by atoms with van der Waals surface area (Å²) in [5.74, 6) is -2.50. The van der Waals surface area contributed by atoms with E-state index in [0.29, 0.717) is 38.2 Å². The zero-order chi connectivity index (χ0) is 30.6. The Kier molecular flexibility index (Phi) is 8.56. The van der Waals surface area contributed by atoms with E-state index in [1.165, 1.54) is 38.5 Å². The lowest BCUT2D eigenvalue weighted by molar-refractivity contribution is -0.168. The lowest BCUT2D eigenvalue weighted by atomic mass is 9.85. The van der Waals surface area contributed by atoms with Gasteiger partial charge in [0.2, 0.25) is 0 Å². The molecule has 0 N–H and O–H groups in total. The Morgan fingerprint density at radius 2 is 1.16 bits per heavy atom. The third-order valence-corrected chi connectivity index (χ3v) is 10.9. The third kappa shape index (κ3) is 5.61. The molecule has 0 atom stereocenters. The summed E-state index contributed by atoms with van der Waals surface area (Å²) in [6.45, 7) is 0. The van der Waals surface area contributed by atoms with Crippen LogP contribution in [-0.4, -0.2) is 26.2 Å². The third-order valence-electron chi connectivity index (χ3n) is 7.68. The molecule has 0 heterocycles. The molecule has 1 saturated carbocycles. The second-order valence-electron chi connectivity index (χ2n) is 10.3. The van der Waals surface area contributed by atoms with Crippen LogP contribution in [0.3, 0.4) is 0 Å². The Bertz CT molecular complexity index is 1690. The first-order valence-corrected chi connectivity index (χ1v) is 15.3. The number of hydrogen-bond donors (Lipinski definition) is 0. The van der Waals surface area contributed by atoms with Crippen molar-refractivity contribution in [1.29, 1.82) is 0 Å². The maximum absolute atomic E-state index is 15.9. The SMILES string of the molecule is COC(=O)C1(C(=O)OC)CC(=C(\c2ccc(F)cc2)P(=O)(c2ccccc2)c2ccccc2)/C(=C/c2ccc(F)cc2)C1. The van der Waals surface area contributed by atoms with Crippen molar-refractivity contribution in [3.05, 3.63) is 143 Å². The first-order chi connectivity index (χ1) is 20.7. The molecule has 0 aromatic heterocycles. The topological polar surface area (TPSA) is 69.7 Å². The van der Waals surface area contributed by atoms with Gasteiger partial charge in [-0.15, -0.1) is 0 Å². The van der Waals surface area contributed by atoms with Crippen molar-refractivity contribution >= 4 is 41.1 Å². The predicted molar refractivity (Wildman–Crippen MR) is 163 cm³/mol. The quantitative estimate of drug-likeness (QED) is 0.132. The summed E-state index contributed by atoms with van der Waals surface area (Å²) in [4.78, 5) is 26.8. The molecule has 218 valence electrons. The van der Waals surface area contributed by atoms with E-state index in [-0.39, 0.29) is 12.8 Å². The molecular formula is C35H29F2O5P. The highest BCUT2D eigenvalue weighted by Crippen LogP contribution is 2.62. The molecule has 4 aromatic rings. The zero-order valence-electron chi connectivity index (χ0n) is 23.6. The van der Waals surface area contributed by atoms with Crippen LogP contribution in [0.2, 0.25) is 0 Å². The Balaban J connectivity index is 1.93. The fourth-order valence-electron chi connectivity index (χ4n) is 5.64. The second-order valence-corrected chi connectivity index (χ2v) is 13.0. The molecule has 4 aromatic carbocycles. The van der Waals surface area contributed by atoms with Crippen molar-refractivity contribution in [2.24, 2.45) is 5.41 Å². The van der Waals surface area contributed by atoms with Crippen LogP contribution in [0.5, 0.6) is 0 Å². The molecular weight excluding hydrogens is 569 g/mol. The molecule has 0 radical (unpaired) electrons. The first kappa shape index (κ1) is 29.9. The van der Waals surface area contributed by atoms with Crippen LogP contribution in [0.1, 0.15) is 24.0 Å². The minimum Gasteiger partial charge on any atom is -0.468 e. The molecule has 0 amide bonds. The highest BCUT2D eigenvalue weighted by Gasteiger charge is 2.55. The number of esters is 2. The number of benzene rings is 4. The predicted octanol–water partition coefficient (Wildman–Crippen LogP) is 6.90. The van der Waals surface area contributed by atoms with Crippen LogP contribution in [-0.2, 0) is 23.6 Å². The zero-order valence-corrected chi connectivity index (χ0v) is 24.5. The molecule has 0 spiro atoms. The van der Waals surface area contributed by atoms with Crippen molar-refractivity contribution in [3.8, 4) is 0 Å². The number of rotatable bonds is 7. The van der Waals surface area contributed by atoms with Gasteiger partial charge in [0.05, 0.1) is 14.2 Å². The minimum atomic E-state index is -3.75. The van der Waals surface area contributed by atoms with E-state index in [1.54, 1.807) is 78.9 Å². The highest BCUT2D eigenvalue weighted by molar-refractivity contribution is 7.87. The van der Waals surface area contributed by atoms with Gasteiger partial charge in [0.25, 0.3) is 0 Å². The van der Waals surface area contributed by atoms with Crippen molar-refractivity contribution in [1.82, 2.24) is 0 Å². The van der Waals surface area contributed by atoms with E-state index in [2.05, 4.69) is 0 Å². The molecule has 1 aliphatic carbocycles. The van der Waals surface area contributed by atoms with E-state index >= 15 is 4.57 Å². The molecule has 0 unspecified atom stereocenters. The van der Waals surface area contributed by atoms with E-state index in [0.717, 1.165) is 0 Å². The van der Waals surface area contributed by atoms with Crippen molar-refractivity contribution < 1.29 is 32.4 Å². The number of halogens is 2. The molecule has 0 bridgehead atoms. The number of allylic oxidation sites excluding steroid dienone is 2. The Morgan fingerprint density at radius 3 is 1.63 bits per heavy atom. The van der Waals surface area contributed by atoms with Crippen LogP contribution < -0.4 is 10.6 Å². The van der Waals surface area contributed by atoms with Gasteiger partial charge in [-0.05, 0) is 53.0 Å². The fourth-order valence-corrected chi connectivity index (χ4v) is 8.76. The number of carbonyl (C=O) groups is 2. The smallest absolute Gasteiger partial charge is 0.323 e. The maximum Gasteiger partial charge on any atom is 0.323 e. The lowest BCUT2D eigenvalue weighted by Crippen LogP contribution is -2.38. The summed E-state index contributed by atoms with van der Waals surface area (Å²) < 4.78 is 54.1. The molecule has 0 saturated heterocycles. The monoisotopic (exact) mass is 598 g/mol. The molecule has 1 fully saturated rings. The van der Waals surface area contributed by atoms with Crippen LogP contribution in [0.4, 0.5) is 8.78 Å². The fraction of sp³-hybridized carbons (Fsp3) is 0.143. The van der Waals surface area contributed by atoms with Crippen LogP contribution in [0, 0.1) is 17.0 Å². The van der Waals surface area contributed by atoms with Gasteiger partial charge in [0.1, 0.15) is 11.6 Å². The van der Waals surface area contributed by atoms with Gasteiger partial charge in [-0.2, -0.15) is 0 Å². The van der Waals surface area contributed by atoms with Gasteiger partial charge in [-0.3, -0.25) is 9.59 Å². The molecule has 1 aliphatic rings. The largest absolute Gasteiger partial charge is 0.468 e. The van der Waals surface area contributed by atoms with Crippen LogP contribution in [0.15, 0.2) is 120 Å².